The molecule has 2 amide bonds. The van der Waals surface area contributed by atoms with E-state index in [0.717, 1.165) is 38.2 Å². The van der Waals surface area contributed by atoms with Gasteiger partial charge in [0.15, 0.2) is 0 Å². The highest BCUT2D eigenvalue weighted by atomic mass is 16.2. The van der Waals surface area contributed by atoms with Crippen LogP contribution in [0.15, 0.2) is 24.3 Å². The first-order valence-corrected chi connectivity index (χ1v) is 10.9. The molecule has 0 spiro atoms. The molecule has 1 N–H and O–H groups in total. The van der Waals surface area contributed by atoms with Crippen molar-refractivity contribution in [2.75, 3.05) is 38.1 Å². The maximum absolute atomic E-state index is 12.5. The van der Waals surface area contributed by atoms with Gasteiger partial charge in [0.25, 0.3) is 0 Å². The molecule has 3 rings (SSSR count). The van der Waals surface area contributed by atoms with Crippen LogP contribution >= 0.6 is 0 Å². The fourth-order valence-corrected chi connectivity index (χ4v) is 4.25. The summed E-state index contributed by atoms with van der Waals surface area (Å²) in [4.78, 5) is 29.1. The number of amides is 2. The van der Waals surface area contributed by atoms with Crippen LogP contribution in [-0.4, -0.2) is 49.9 Å². The topological polar surface area (TPSA) is 52.7 Å². The number of carbonyl (C=O) groups excluding carboxylic acids is 2. The molecule has 1 aromatic carbocycles. The molecule has 2 heterocycles. The summed E-state index contributed by atoms with van der Waals surface area (Å²) in [7, 11) is 2.17. The molecular formula is C23H35N3O2. The van der Waals surface area contributed by atoms with Gasteiger partial charge in [-0.1, -0.05) is 25.5 Å². The third-order valence-corrected chi connectivity index (χ3v) is 6.25. The van der Waals surface area contributed by atoms with E-state index in [1.54, 1.807) is 4.90 Å². The molecule has 0 aliphatic carbocycles. The van der Waals surface area contributed by atoms with Crippen LogP contribution in [0.25, 0.3) is 0 Å². The monoisotopic (exact) mass is 385 g/mol. The van der Waals surface area contributed by atoms with Crippen molar-refractivity contribution < 1.29 is 9.59 Å². The van der Waals surface area contributed by atoms with Crippen LogP contribution in [0.5, 0.6) is 0 Å². The number of hydrogen-bond donors (Lipinski definition) is 1. The number of unbranched alkanes of at least 4 members (excludes halogenated alkanes) is 1. The van der Waals surface area contributed by atoms with Gasteiger partial charge in [-0.3, -0.25) is 9.59 Å². The van der Waals surface area contributed by atoms with E-state index in [1.807, 2.05) is 12.1 Å². The van der Waals surface area contributed by atoms with Crippen LogP contribution in [0.4, 0.5) is 5.69 Å². The molecule has 2 aliphatic heterocycles. The quantitative estimate of drug-likeness (QED) is 0.747. The largest absolute Gasteiger partial charge is 0.356 e. The lowest BCUT2D eigenvalue weighted by atomic mass is 9.94. The van der Waals surface area contributed by atoms with Gasteiger partial charge in [-0.15, -0.1) is 0 Å². The molecule has 154 valence electrons. The zero-order chi connectivity index (χ0) is 19.9. The Kier molecular flexibility index (Phi) is 7.49. The average Bonchev–Trinajstić information content (AvgIpc) is 3.10. The Bertz CT molecular complexity index is 650. The molecule has 5 nitrogen and oxygen atoms in total. The van der Waals surface area contributed by atoms with Gasteiger partial charge in [0, 0.05) is 25.2 Å². The van der Waals surface area contributed by atoms with Crippen LogP contribution in [0.3, 0.4) is 0 Å². The van der Waals surface area contributed by atoms with E-state index < -0.39 is 0 Å². The SMILES string of the molecule is CCCCc1ccc(N2CC(C(=O)NCCC3CCN(C)CC3)CC2=O)cc1. The molecule has 2 fully saturated rings. The summed E-state index contributed by atoms with van der Waals surface area (Å²) in [6.45, 7) is 5.72. The molecular weight excluding hydrogens is 350 g/mol. The highest BCUT2D eigenvalue weighted by Crippen LogP contribution is 2.26. The van der Waals surface area contributed by atoms with Gasteiger partial charge in [0.1, 0.15) is 0 Å². The maximum atomic E-state index is 12.5. The van der Waals surface area contributed by atoms with Crippen molar-refractivity contribution in [1.29, 1.82) is 0 Å². The summed E-state index contributed by atoms with van der Waals surface area (Å²) in [6, 6.07) is 8.24. The summed E-state index contributed by atoms with van der Waals surface area (Å²) in [6.07, 6.45) is 7.24. The van der Waals surface area contributed by atoms with Crippen molar-refractivity contribution >= 4 is 17.5 Å². The number of nitrogens with zero attached hydrogens (tertiary/aromatic N) is 2. The third kappa shape index (κ3) is 5.57. The highest BCUT2D eigenvalue weighted by molar-refractivity contribution is 6.00. The second-order valence-corrected chi connectivity index (χ2v) is 8.50. The Morgan fingerprint density at radius 2 is 1.89 bits per heavy atom. The van der Waals surface area contributed by atoms with Gasteiger partial charge in [-0.05, 0) is 75.9 Å². The number of nitrogens with one attached hydrogen (secondary N) is 1. The number of aryl methyl sites for hydroxylation is 1. The number of likely N-dealkylation sites (tertiary alicyclic amines) is 1. The number of benzene rings is 1. The van der Waals surface area contributed by atoms with Crippen molar-refractivity contribution in [3.8, 4) is 0 Å². The number of rotatable bonds is 8. The smallest absolute Gasteiger partial charge is 0.227 e. The van der Waals surface area contributed by atoms with Crippen molar-refractivity contribution in [1.82, 2.24) is 10.2 Å². The summed E-state index contributed by atoms with van der Waals surface area (Å²) < 4.78 is 0. The van der Waals surface area contributed by atoms with E-state index in [9.17, 15) is 9.59 Å². The predicted octanol–water partition coefficient (Wildman–Crippen LogP) is 3.23. The summed E-state index contributed by atoms with van der Waals surface area (Å²) in [5.41, 5.74) is 2.22. The summed E-state index contributed by atoms with van der Waals surface area (Å²) in [5, 5.41) is 3.08. The van der Waals surface area contributed by atoms with Crippen molar-refractivity contribution in [3.05, 3.63) is 29.8 Å². The van der Waals surface area contributed by atoms with Crippen LogP contribution < -0.4 is 10.2 Å². The number of carbonyl (C=O) groups is 2. The van der Waals surface area contributed by atoms with Crippen molar-refractivity contribution in [2.45, 2.75) is 51.9 Å². The maximum Gasteiger partial charge on any atom is 0.227 e. The third-order valence-electron chi connectivity index (χ3n) is 6.25. The Hall–Kier alpha value is -1.88. The van der Waals surface area contributed by atoms with Gasteiger partial charge in [0.05, 0.1) is 5.92 Å². The first kappa shape index (κ1) is 20.8. The van der Waals surface area contributed by atoms with E-state index in [2.05, 4.69) is 36.3 Å². The Labute approximate surface area is 169 Å². The van der Waals surface area contributed by atoms with E-state index >= 15 is 0 Å². The lowest BCUT2D eigenvalue weighted by Gasteiger charge is -2.29. The fraction of sp³-hybridized carbons (Fsp3) is 0.652. The Morgan fingerprint density at radius 3 is 2.57 bits per heavy atom. The second kappa shape index (κ2) is 10.1. The van der Waals surface area contributed by atoms with Crippen LogP contribution in [0.2, 0.25) is 0 Å². The van der Waals surface area contributed by atoms with Crippen LogP contribution in [0, 0.1) is 11.8 Å². The Balaban J connectivity index is 1.44. The molecule has 28 heavy (non-hydrogen) atoms. The number of hydrogen-bond acceptors (Lipinski definition) is 3. The number of piperidine rings is 1. The molecule has 1 unspecified atom stereocenters. The van der Waals surface area contributed by atoms with Gasteiger partial charge in [-0.25, -0.2) is 0 Å². The zero-order valence-electron chi connectivity index (χ0n) is 17.5. The molecule has 0 radical (unpaired) electrons. The summed E-state index contributed by atoms with van der Waals surface area (Å²) >= 11 is 0. The highest BCUT2D eigenvalue weighted by Gasteiger charge is 2.35. The van der Waals surface area contributed by atoms with E-state index in [4.69, 9.17) is 0 Å². The average molecular weight is 386 g/mol. The molecule has 2 saturated heterocycles. The molecule has 0 aromatic heterocycles. The minimum Gasteiger partial charge on any atom is -0.356 e. The molecule has 0 bridgehead atoms. The van der Waals surface area contributed by atoms with E-state index in [0.29, 0.717) is 18.9 Å². The lowest BCUT2D eigenvalue weighted by molar-refractivity contribution is -0.126. The Morgan fingerprint density at radius 1 is 1.18 bits per heavy atom. The lowest BCUT2D eigenvalue weighted by Crippen LogP contribution is -2.35. The molecule has 5 heteroatoms. The zero-order valence-corrected chi connectivity index (χ0v) is 17.5. The minimum atomic E-state index is -0.232. The minimum absolute atomic E-state index is 0.0309. The van der Waals surface area contributed by atoms with E-state index in [1.165, 1.54) is 31.2 Å². The van der Waals surface area contributed by atoms with Gasteiger partial charge in [-0.2, -0.15) is 0 Å². The molecule has 2 aliphatic rings. The van der Waals surface area contributed by atoms with Crippen molar-refractivity contribution in [3.63, 3.8) is 0 Å². The normalized spacial score (nSPS) is 21.3. The first-order valence-electron chi connectivity index (χ1n) is 10.9. The van der Waals surface area contributed by atoms with E-state index in [-0.39, 0.29) is 17.7 Å². The van der Waals surface area contributed by atoms with Crippen LogP contribution in [-0.2, 0) is 16.0 Å². The second-order valence-electron chi connectivity index (χ2n) is 8.50. The number of anilines is 1. The van der Waals surface area contributed by atoms with Crippen molar-refractivity contribution in [2.24, 2.45) is 11.8 Å². The summed E-state index contributed by atoms with van der Waals surface area (Å²) in [5.74, 6) is 0.564. The van der Waals surface area contributed by atoms with Gasteiger partial charge < -0.3 is 15.1 Å². The standard InChI is InChI=1S/C23H35N3O2/c1-3-4-5-18-6-8-21(9-7-18)26-17-20(16-22(26)27)23(28)24-13-10-19-11-14-25(2)15-12-19/h6-9,19-20H,3-5,10-17H2,1-2H3,(H,24,28). The molecule has 1 atom stereocenters. The van der Waals surface area contributed by atoms with Crippen LogP contribution in [0.1, 0.15) is 51.0 Å². The molecule has 1 aromatic rings. The predicted molar refractivity (Wildman–Crippen MR) is 113 cm³/mol. The molecule has 0 saturated carbocycles. The first-order chi connectivity index (χ1) is 13.6. The fourth-order valence-electron chi connectivity index (χ4n) is 4.25. The van der Waals surface area contributed by atoms with Gasteiger partial charge in [0.2, 0.25) is 11.8 Å². The van der Waals surface area contributed by atoms with Gasteiger partial charge >= 0.3 is 0 Å².